The van der Waals surface area contributed by atoms with Crippen LogP contribution in [0.5, 0.6) is 0 Å². The van der Waals surface area contributed by atoms with Crippen LogP contribution in [0.1, 0.15) is 19.3 Å². The van der Waals surface area contributed by atoms with E-state index in [4.69, 9.17) is 0 Å². The molecule has 1 aliphatic heterocycles. The van der Waals surface area contributed by atoms with Crippen LogP contribution in [-0.2, 0) is 0 Å². The topological polar surface area (TPSA) is 26.1 Å². The molecule has 0 bridgehead atoms. The number of hydrogen-bond acceptors (Lipinski definition) is 1. The first kappa shape index (κ1) is 5.45. The SMILES string of the molecule is C1=C2C[N]NC2CCC1. The Morgan fingerprint density at radius 2 is 2.67 bits per heavy atom. The number of rotatable bonds is 0. The summed E-state index contributed by atoms with van der Waals surface area (Å²) in [7, 11) is 0. The van der Waals surface area contributed by atoms with E-state index in [9.17, 15) is 0 Å². The van der Waals surface area contributed by atoms with Crippen molar-refractivity contribution < 1.29 is 0 Å². The molecule has 0 aromatic rings. The van der Waals surface area contributed by atoms with E-state index in [-0.39, 0.29) is 0 Å². The van der Waals surface area contributed by atoms with Crippen LogP contribution >= 0.6 is 0 Å². The maximum atomic E-state index is 4.11. The van der Waals surface area contributed by atoms with Crippen molar-refractivity contribution in [1.82, 2.24) is 10.9 Å². The first-order valence-corrected chi connectivity index (χ1v) is 3.58. The molecule has 0 aromatic heterocycles. The third-order valence-corrected chi connectivity index (χ3v) is 2.06. The highest BCUT2D eigenvalue weighted by Crippen LogP contribution is 2.20. The molecule has 0 saturated carbocycles. The summed E-state index contributed by atoms with van der Waals surface area (Å²) in [6, 6.07) is 0.610. The molecule has 0 amide bonds. The predicted octanol–water partition coefficient (Wildman–Crippen LogP) is 0.588. The van der Waals surface area contributed by atoms with Gasteiger partial charge in [0.2, 0.25) is 0 Å². The molecule has 2 nitrogen and oxygen atoms in total. The van der Waals surface area contributed by atoms with Gasteiger partial charge in [0.15, 0.2) is 0 Å². The Labute approximate surface area is 55.3 Å². The summed E-state index contributed by atoms with van der Waals surface area (Å²) in [5.41, 5.74) is 8.74. The second kappa shape index (κ2) is 2.12. The minimum Gasteiger partial charge on any atom is -0.233 e. The summed E-state index contributed by atoms with van der Waals surface area (Å²) in [5, 5.41) is 0. The van der Waals surface area contributed by atoms with Gasteiger partial charge in [0.1, 0.15) is 0 Å². The number of hydrogen-bond donors (Lipinski definition) is 1. The van der Waals surface area contributed by atoms with E-state index < -0.39 is 0 Å². The Hall–Kier alpha value is -0.340. The van der Waals surface area contributed by atoms with Gasteiger partial charge in [0.05, 0.1) is 6.54 Å². The number of fused-ring (bicyclic) bond motifs is 1. The van der Waals surface area contributed by atoms with Crippen LogP contribution in [0.3, 0.4) is 0 Å². The van der Waals surface area contributed by atoms with Crippen molar-refractivity contribution in [3.05, 3.63) is 11.6 Å². The van der Waals surface area contributed by atoms with Crippen LogP contribution in [0.15, 0.2) is 11.6 Å². The maximum Gasteiger partial charge on any atom is 0.0530 e. The Morgan fingerprint density at radius 1 is 1.67 bits per heavy atom. The Kier molecular flexibility index (Phi) is 1.28. The van der Waals surface area contributed by atoms with Crippen molar-refractivity contribution >= 4 is 0 Å². The Bertz CT molecular complexity index is 140. The van der Waals surface area contributed by atoms with Crippen molar-refractivity contribution in [3.63, 3.8) is 0 Å². The minimum absolute atomic E-state index is 0.610. The largest absolute Gasteiger partial charge is 0.233 e. The standard InChI is InChI=1S/C7H11N2/c1-2-4-7-6(3-1)5-8-9-7/h3,7,9H,1-2,4-5H2. The van der Waals surface area contributed by atoms with Gasteiger partial charge in [-0.3, -0.25) is 0 Å². The number of nitrogens with zero attached hydrogens (tertiary/aromatic N) is 1. The van der Waals surface area contributed by atoms with Crippen LogP contribution in [0.4, 0.5) is 0 Å². The molecule has 9 heavy (non-hydrogen) atoms. The van der Waals surface area contributed by atoms with E-state index in [1.807, 2.05) is 0 Å². The quantitative estimate of drug-likeness (QED) is 0.469. The fourth-order valence-corrected chi connectivity index (χ4v) is 1.51. The summed E-state index contributed by atoms with van der Waals surface area (Å²) in [6.07, 6.45) is 6.22. The van der Waals surface area contributed by atoms with Crippen LogP contribution in [0.25, 0.3) is 0 Å². The fourth-order valence-electron chi connectivity index (χ4n) is 1.51. The van der Waals surface area contributed by atoms with Gasteiger partial charge in [0, 0.05) is 6.04 Å². The number of nitrogens with one attached hydrogen (secondary N) is 1. The van der Waals surface area contributed by atoms with Crippen molar-refractivity contribution in [1.29, 1.82) is 0 Å². The zero-order valence-electron chi connectivity index (χ0n) is 5.43. The first-order valence-electron chi connectivity index (χ1n) is 3.58. The summed E-state index contributed by atoms with van der Waals surface area (Å²) in [5.74, 6) is 0. The molecule has 49 valence electrons. The lowest BCUT2D eigenvalue weighted by atomic mass is 9.96. The van der Waals surface area contributed by atoms with Crippen LogP contribution < -0.4 is 10.9 Å². The van der Waals surface area contributed by atoms with Gasteiger partial charge in [-0.15, -0.1) is 0 Å². The predicted molar refractivity (Wildman–Crippen MR) is 35.9 cm³/mol. The molecule has 1 heterocycles. The maximum absolute atomic E-state index is 4.11. The highest BCUT2D eigenvalue weighted by Gasteiger charge is 2.22. The molecule has 1 N–H and O–H groups in total. The fraction of sp³-hybridized carbons (Fsp3) is 0.714. The van der Waals surface area contributed by atoms with E-state index >= 15 is 0 Å². The van der Waals surface area contributed by atoms with E-state index in [2.05, 4.69) is 16.9 Å². The van der Waals surface area contributed by atoms with Crippen molar-refractivity contribution in [3.8, 4) is 0 Å². The minimum atomic E-state index is 0.610. The molecule has 1 saturated heterocycles. The average molecular weight is 123 g/mol. The van der Waals surface area contributed by atoms with Crippen LogP contribution in [0.2, 0.25) is 0 Å². The molecule has 2 rings (SSSR count). The molecular weight excluding hydrogens is 112 g/mol. The highest BCUT2D eigenvalue weighted by atomic mass is 15.4. The van der Waals surface area contributed by atoms with E-state index in [0.717, 1.165) is 6.54 Å². The van der Waals surface area contributed by atoms with Gasteiger partial charge < -0.3 is 0 Å². The molecule has 2 heteroatoms. The number of allylic oxidation sites excluding steroid dienone is 1. The molecule has 1 unspecified atom stereocenters. The normalized spacial score (nSPS) is 33.8. The molecular formula is C7H11N2. The molecule has 1 fully saturated rings. The molecule has 1 atom stereocenters. The molecule has 1 aliphatic carbocycles. The smallest absolute Gasteiger partial charge is 0.0530 e. The second-order valence-electron chi connectivity index (χ2n) is 2.71. The van der Waals surface area contributed by atoms with Crippen molar-refractivity contribution in [2.45, 2.75) is 25.3 Å². The van der Waals surface area contributed by atoms with Gasteiger partial charge in [-0.05, 0) is 24.8 Å². The average Bonchev–Trinajstić information content (AvgIpc) is 2.33. The van der Waals surface area contributed by atoms with Gasteiger partial charge in [-0.25, -0.2) is 5.43 Å². The zero-order valence-corrected chi connectivity index (χ0v) is 5.43. The molecule has 0 spiro atoms. The van der Waals surface area contributed by atoms with Gasteiger partial charge >= 0.3 is 0 Å². The van der Waals surface area contributed by atoms with Gasteiger partial charge in [-0.1, -0.05) is 6.08 Å². The summed E-state index contributed by atoms with van der Waals surface area (Å²) in [6.45, 7) is 0.935. The Balaban J connectivity index is 2.16. The van der Waals surface area contributed by atoms with Crippen molar-refractivity contribution in [2.24, 2.45) is 0 Å². The van der Waals surface area contributed by atoms with Gasteiger partial charge in [-0.2, -0.15) is 5.43 Å². The van der Waals surface area contributed by atoms with E-state index in [1.165, 1.54) is 24.8 Å². The highest BCUT2D eigenvalue weighted by molar-refractivity contribution is 5.18. The Morgan fingerprint density at radius 3 is 3.56 bits per heavy atom. The van der Waals surface area contributed by atoms with Crippen LogP contribution in [-0.4, -0.2) is 12.6 Å². The second-order valence-corrected chi connectivity index (χ2v) is 2.71. The summed E-state index contributed by atoms with van der Waals surface area (Å²) < 4.78 is 0. The van der Waals surface area contributed by atoms with Crippen LogP contribution in [0, 0.1) is 0 Å². The molecule has 0 aromatic carbocycles. The lowest BCUT2D eigenvalue weighted by Crippen LogP contribution is -2.26. The summed E-state index contributed by atoms with van der Waals surface area (Å²) in [4.78, 5) is 0. The van der Waals surface area contributed by atoms with Crippen molar-refractivity contribution in [2.75, 3.05) is 6.54 Å². The summed E-state index contributed by atoms with van der Waals surface area (Å²) >= 11 is 0. The lowest BCUT2D eigenvalue weighted by Gasteiger charge is -2.14. The van der Waals surface area contributed by atoms with Gasteiger partial charge in [0.25, 0.3) is 0 Å². The van der Waals surface area contributed by atoms with E-state index in [1.54, 1.807) is 0 Å². The molecule has 2 aliphatic rings. The van der Waals surface area contributed by atoms with E-state index in [0.29, 0.717) is 6.04 Å². The molecule has 1 radical (unpaired) electrons. The third kappa shape index (κ3) is 0.884. The first-order chi connectivity index (χ1) is 4.47. The third-order valence-electron chi connectivity index (χ3n) is 2.06. The lowest BCUT2D eigenvalue weighted by molar-refractivity contribution is 0.515. The zero-order chi connectivity index (χ0) is 6.10. The monoisotopic (exact) mass is 123 g/mol.